The molecular formula is C36H43BrN4O4Si. The van der Waals surface area contributed by atoms with Crippen molar-refractivity contribution < 1.29 is 14.2 Å². The van der Waals surface area contributed by atoms with Crippen molar-refractivity contribution in [3.8, 4) is 11.5 Å². The molecule has 0 atom stereocenters. The molecule has 2 aromatic carbocycles. The van der Waals surface area contributed by atoms with E-state index in [9.17, 15) is 4.79 Å². The molecule has 46 heavy (non-hydrogen) atoms. The number of rotatable bonds is 14. The summed E-state index contributed by atoms with van der Waals surface area (Å²) in [7, 11) is 2.11. The maximum Gasteiger partial charge on any atom is 0.251 e. The minimum absolute atomic E-state index is 0.0687. The number of methoxy groups -OCH3 is 2. The number of pyridine rings is 2. The van der Waals surface area contributed by atoms with Crippen LogP contribution in [-0.4, -0.2) is 43.0 Å². The maximum absolute atomic E-state index is 12.8. The number of halogens is 1. The van der Waals surface area contributed by atoms with E-state index in [0.29, 0.717) is 33.0 Å². The van der Waals surface area contributed by atoms with E-state index in [4.69, 9.17) is 19.2 Å². The van der Waals surface area contributed by atoms with Crippen LogP contribution in [0.5, 0.6) is 11.5 Å². The lowest BCUT2D eigenvalue weighted by Crippen LogP contribution is -2.24. The van der Waals surface area contributed by atoms with Crippen LogP contribution >= 0.6 is 15.9 Å². The number of anilines is 1. The number of ether oxygens (including phenoxy) is 3. The number of hydrogen-bond acceptors (Lipinski definition) is 6. The Bertz CT molecular complexity index is 1780. The van der Waals surface area contributed by atoms with E-state index in [1.807, 2.05) is 30.3 Å². The molecule has 0 spiro atoms. The van der Waals surface area contributed by atoms with Crippen molar-refractivity contribution in [3.05, 3.63) is 116 Å². The lowest BCUT2D eigenvalue weighted by Gasteiger charge is -2.26. The highest BCUT2D eigenvalue weighted by Crippen LogP contribution is 2.30. The molecule has 8 nitrogen and oxygen atoms in total. The highest BCUT2D eigenvalue weighted by molar-refractivity contribution is 9.10. The third-order valence-corrected chi connectivity index (χ3v) is 10.4. The van der Waals surface area contributed by atoms with Gasteiger partial charge in [0.25, 0.3) is 5.56 Å². The molecule has 5 aromatic rings. The van der Waals surface area contributed by atoms with Crippen LogP contribution in [0.25, 0.3) is 11.0 Å². The maximum atomic E-state index is 12.8. The fraction of sp³-hybridized carbons (Fsp3) is 0.333. The van der Waals surface area contributed by atoms with E-state index >= 15 is 0 Å². The van der Waals surface area contributed by atoms with Crippen LogP contribution in [0.15, 0.2) is 88.3 Å². The van der Waals surface area contributed by atoms with Crippen molar-refractivity contribution in [2.45, 2.75) is 59.0 Å². The number of fused-ring (bicyclic) bond motifs is 1. The van der Waals surface area contributed by atoms with Gasteiger partial charge < -0.3 is 23.7 Å². The summed E-state index contributed by atoms with van der Waals surface area (Å²) in [6.45, 7) is 12.0. The first-order chi connectivity index (χ1) is 22.0. The van der Waals surface area contributed by atoms with Gasteiger partial charge >= 0.3 is 0 Å². The van der Waals surface area contributed by atoms with E-state index < -0.39 is 8.07 Å². The minimum atomic E-state index is -1.24. The van der Waals surface area contributed by atoms with E-state index in [2.05, 4.69) is 88.4 Å². The molecule has 5 rings (SSSR count). The fourth-order valence-electron chi connectivity index (χ4n) is 5.37. The summed E-state index contributed by atoms with van der Waals surface area (Å²) in [4.78, 5) is 20.4. The second-order valence-electron chi connectivity index (χ2n) is 12.8. The van der Waals surface area contributed by atoms with Crippen LogP contribution in [0.2, 0.25) is 25.7 Å². The van der Waals surface area contributed by atoms with Gasteiger partial charge in [-0.2, -0.15) is 0 Å². The molecule has 0 aliphatic rings. The van der Waals surface area contributed by atoms with Crippen molar-refractivity contribution in [2.24, 2.45) is 0 Å². The molecule has 0 saturated carbocycles. The van der Waals surface area contributed by atoms with Gasteiger partial charge in [-0.15, -0.1) is 0 Å². The zero-order valence-electron chi connectivity index (χ0n) is 27.5. The smallest absolute Gasteiger partial charge is 0.251 e. The van der Waals surface area contributed by atoms with Crippen molar-refractivity contribution in [1.29, 1.82) is 0 Å². The summed E-state index contributed by atoms with van der Waals surface area (Å²) in [6.07, 6.45) is 0. The van der Waals surface area contributed by atoms with Crippen LogP contribution in [-0.2, 0) is 31.1 Å². The van der Waals surface area contributed by atoms with Gasteiger partial charge in [-0.3, -0.25) is 9.36 Å². The lowest BCUT2D eigenvalue weighted by atomic mass is 10.1. The van der Waals surface area contributed by atoms with E-state index in [-0.39, 0.29) is 5.56 Å². The van der Waals surface area contributed by atoms with Gasteiger partial charge in [-0.05, 0) is 88.1 Å². The van der Waals surface area contributed by atoms with Crippen LogP contribution in [0, 0.1) is 6.92 Å². The summed E-state index contributed by atoms with van der Waals surface area (Å²) < 4.78 is 21.7. The van der Waals surface area contributed by atoms with Gasteiger partial charge in [0.1, 0.15) is 24.0 Å². The number of benzene rings is 2. The Morgan fingerprint density at radius 2 is 1.46 bits per heavy atom. The summed E-state index contributed by atoms with van der Waals surface area (Å²) >= 11 is 3.57. The molecule has 10 heteroatoms. The molecule has 0 N–H and O–H groups in total. The standard InChI is InChI=1S/C36H43BrN4O4Si/c1-26-20-33-32(21-29(24-40-34(37)8-7-9-35(40)42)41(33)25-45-18-19-46(4,5)6)38-36(26)39(22-27-10-14-30(43-2)15-11-27)23-28-12-16-31(44-3)17-13-28/h7-17,20-21H,18-19,22-25H2,1-6H3. The molecule has 0 unspecified atom stereocenters. The molecule has 242 valence electrons. The third-order valence-electron chi connectivity index (χ3n) is 8.03. The van der Waals surface area contributed by atoms with Gasteiger partial charge in [-0.1, -0.05) is 50.0 Å². The number of aryl methyl sites for hydroxylation is 1. The zero-order chi connectivity index (χ0) is 32.8. The Hall–Kier alpha value is -3.86. The Balaban J connectivity index is 1.55. The predicted molar refractivity (Wildman–Crippen MR) is 192 cm³/mol. The first kappa shape index (κ1) is 33.5. The highest BCUT2D eigenvalue weighted by Gasteiger charge is 2.19. The molecule has 0 saturated heterocycles. The van der Waals surface area contributed by atoms with Gasteiger partial charge in [0.15, 0.2) is 0 Å². The first-order valence-electron chi connectivity index (χ1n) is 15.5. The monoisotopic (exact) mass is 702 g/mol. The third kappa shape index (κ3) is 8.29. The van der Waals surface area contributed by atoms with Crippen LogP contribution in [0.3, 0.4) is 0 Å². The largest absolute Gasteiger partial charge is 0.497 e. The topological polar surface area (TPSA) is 70.8 Å². The molecule has 0 aliphatic heterocycles. The summed E-state index contributed by atoms with van der Waals surface area (Å²) in [5.41, 5.74) is 6.09. The van der Waals surface area contributed by atoms with Crippen LogP contribution < -0.4 is 19.9 Å². The van der Waals surface area contributed by atoms with Crippen LogP contribution in [0.1, 0.15) is 22.4 Å². The normalized spacial score (nSPS) is 11.6. The number of hydrogen-bond donors (Lipinski definition) is 0. The second-order valence-corrected chi connectivity index (χ2v) is 19.2. The summed E-state index contributed by atoms with van der Waals surface area (Å²) in [5.74, 6) is 2.55. The Morgan fingerprint density at radius 1 is 0.848 bits per heavy atom. The Kier molecular flexibility index (Phi) is 10.7. The Labute approximate surface area is 280 Å². The highest BCUT2D eigenvalue weighted by atomic mass is 79.9. The second kappa shape index (κ2) is 14.7. The zero-order valence-corrected chi connectivity index (χ0v) is 30.1. The average molecular weight is 704 g/mol. The average Bonchev–Trinajstić information content (AvgIpc) is 3.36. The van der Waals surface area contributed by atoms with E-state index in [0.717, 1.165) is 61.4 Å². The molecule has 0 fully saturated rings. The van der Waals surface area contributed by atoms with E-state index in [1.54, 1.807) is 30.9 Å². The molecule has 0 amide bonds. The fourth-order valence-corrected chi connectivity index (χ4v) is 6.58. The Morgan fingerprint density at radius 3 is 2.00 bits per heavy atom. The van der Waals surface area contributed by atoms with Gasteiger partial charge in [0, 0.05) is 39.5 Å². The quantitative estimate of drug-likeness (QED) is 0.0667. The van der Waals surface area contributed by atoms with E-state index in [1.165, 1.54) is 0 Å². The predicted octanol–water partition coefficient (Wildman–Crippen LogP) is 7.85. The van der Waals surface area contributed by atoms with Crippen molar-refractivity contribution in [3.63, 3.8) is 0 Å². The van der Waals surface area contributed by atoms with Crippen molar-refractivity contribution in [1.82, 2.24) is 14.1 Å². The van der Waals surface area contributed by atoms with Gasteiger partial charge in [0.2, 0.25) is 0 Å². The summed E-state index contributed by atoms with van der Waals surface area (Å²) in [5, 5.41) is 0. The van der Waals surface area contributed by atoms with Gasteiger partial charge in [0.05, 0.1) is 36.4 Å². The molecule has 3 heterocycles. The van der Waals surface area contributed by atoms with Crippen LogP contribution in [0.4, 0.5) is 5.82 Å². The molecule has 0 aliphatic carbocycles. The molecular weight excluding hydrogens is 660 g/mol. The number of aromatic nitrogens is 3. The molecule has 0 bridgehead atoms. The SMILES string of the molecule is COc1ccc(CN(Cc2ccc(OC)cc2)c2nc3cc(Cn4c(Br)cccc4=O)n(COCC[Si](C)(C)C)c3cc2C)cc1. The molecule has 3 aromatic heterocycles. The van der Waals surface area contributed by atoms with Gasteiger partial charge in [-0.25, -0.2) is 4.98 Å². The summed E-state index contributed by atoms with van der Waals surface area (Å²) in [6, 6.07) is 26.9. The first-order valence-corrected chi connectivity index (χ1v) is 20.0. The minimum Gasteiger partial charge on any atom is -0.497 e. The molecule has 0 radical (unpaired) electrons. The number of nitrogens with zero attached hydrogens (tertiary/aromatic N) is 4. The lowest BCUT2D eigenvalue weighted by molar-refractivity contribution is 0.0882. The van der Waals surface area contributed by atoms with Crippen molar-refractivity contribution >= 4 is 40.9 Å². The van der Waals surface area contributed by atoms with Crippen molar-refractivity contribution in [2.75, 3.05) is 25.7 Å².